The van der Waals surface area contributed by atoms with Crippen LogP contribution in [-0.2, 0) is 6.54 Å². The van der Waals surface area contributed by atoms with Crippen molar-refractivity contribution in [1.82, 2.24) is 10.3 Å². The maximum atomic E-state index is 14.6. The van der Waals surface area contributed by atoms with Gasteiger partial charge in [0.15, 0.2) is 11.2 Å². The SMILES string of the molecule is O=c1cc(CNC(CO)CO)oc2ccc(C#Cc3ncc(-c4ccc(Cl)cc4)cc3F)cc12. The molecule has 0 unspecified atom stereocenters. The molecule has 4 rings (SSSR count). The average Bonchev–Trinajstić information content (AvgIpc) is 2.84. The summed E-state index contributed by atoms with van der Waals surface area (Å²) < 4.78 is 20.3. The second-order valence-corrected chi connectivity index (χ2v) is 7.98. The van der Waals surface area contributed by atoms with Gasteiger partial charge in [0.1, 0.15) is 17.0 Å². The number of nitrogens with zero attached hydrogens (tertiary/aromatic N) is 1. The molecular formula is C26H20ClFN2O4. The molecule has 4 aromatic rings. The quantitative estimate of drug-likeness (QED) is 0.367. The Hall–Kier alpha value is -3.54. The van der Waals surface area contributed by atoms with Crippen molar-refractivity contribution in [3.63, 3.8) is 0 Å². The molecule has 34 heavy (non-hydrogen) atoms. The highest BCUT2D eigenvalue weighted by atomic mass is 35.5. The smallest absolute Gasteiger partial charge is 0.193 e. The fourth-order valence-corrected chi connectivity index (χ4v) is 3.39. The minimum absolute atomic E-state index is 0.00594. The van der Waals surface area contributed by atoms with Crippen LogP contribution in [-0.4, -0.2) is 34.5 Å². The van der Waals surface area contributed by atoms with Crippen LogP contribution in [0.5, 0.6) is 0 Å². The molecule has 2 aromatic heterocycles. The Labute approximate surface area is 199 Å². The topological polar surface area (TPSA) is 95.6 Å². The lowest BCUT2D eigenvalue weighted by Crippen LogP contribution is -2.35. The summed E-state index contributed by atoms with van der Waals surface area (Å²) in [6.07, 6.45) is 1.54. The van der Waals surface area contributed by atoms with Gasteiger partial charge in [0.05, 0.1) is 31.2 Å². The lowest BCUT2D eigenvalue weighted by Gasteiger charge is -2.12. The van der Waals surface area contributed by atoms with Crippen LogP contribution in [0.4, 0.5) is 4.39 Å². The van der Waals surface area contributed by atoms with E-state index in [2.05, 4.69) is 22.1 Å². The van der Waals surface area contributed by atoms with Crippen LogP contribution in [0, 0.1) is 17.7 Å². The Morgan fingerprint density at radius 1 is 1.03 bits per heavy atom. The Morgan fingerprint density at radius 3 is 2.50 bits per heavy atom. The number of pyridine rings is 1. The molecule has 2 heterocycles. The lowest BCUT2D eigenvalue weighted by molar-refractivity contribution is 0.168. The summed E-state index contributed by atoms with van der Waals surface area (Å²) in [6.45, 7) is -0.305. The Morgan fingerprint density at radius 2 is 1.79 bits per heavy atom. The van der Waals surface area contributed by atoms with Crippen LogP contribution < -0.4 is 10.7 Å². The molecule has 0 saturated carbocycles. The summed E-state index contributed by atoms with van der Waals surface area (Å²) in [5.41, 5.74) is 2.01. The minimum atomic E-state index is -0.554. The minimum Gasteiger partial charge on any atom is -0.459 e. The summed E-state index contributed by atoms with van der Waals surface area (Å²) in [5, 5.41) is 22.1. The number of hydrogen-bond donors (Lipinski definition) is 3. The van der Waals surface area contributed by atoms with E-state index in [1.807, 2.05) is 0 Å². The van der Waals surface area contributed by atoms with Crippen molar-refractivity contribution in [1.29, 1.82) is 0 Å². The molecule has 0 saturated heterocycles. The molecule has 0 atom stereocenters. The molecule has 0 spiro atoms. The highest BCUT2D eigenvalue weighted by molar-refractivity contribution is 6.30. The number of aliphatic hydroxyl groups excluding tert-OH is 2. The Kier molecular flexibility index (Phi) is 7.36. The van der Waals surface area contributed by atoms with E-state index in [9.17, 15) is 9.18 Å². The zero-order chi connectivity index (χ0) is 24.1. The van der Waals surface area contributed by atoms with E-state index in [0.717, 1.165) is 5.56 Å². The summed E-state index contributed by atoms with van der Waals surface area (Å²) in [4.78, 5) is 16.7. The van der Waals surface area contributed by atoms with Gasteiger partial charge in [-0.05, 0) is 47.9 Å². The van der Waals surface area contributed by atoms with Crippen LogP contribution in [0.1, 0.15) is 17.0 Å². The molecular weight excluding hydrogens is 459 g/mol. The Balaban J connectivity index is 1.55. The van der Waals surface area contributed by atoms with Gasteiger partial charge in [0.25, 0.3) is 0 Å². The highest BCUT2D eigenvalue weighted by Crippen LogP contribution is 2.22. The normalized spacial score (nSPS) is 11.0. The van der Waals surface area contributed by atoms with Gasteiger partial charge in [-0.25, -0.2) is 9.37 Å². The molecule has 0 bridgehead atoms. The van der Waals surface area contributed by atoms with Crippen molar-refractivity contribution in [3.8, 4) is 23.0 Å². The van der Waals surface area contributed by atoms with Gasteiger partial charge in [-0.3, -0.25) is 4.79 Å². The zero-order valence-corrected chi connectivity index (χ0v) is 18.6. The molecule has 0 radical (unpaired) electrons. The second kappa shape index (κ2) is 10.6. The third-order valence-corrected chi connectivity index (χ3v) is 5.38. The average molecular weight is 479 g/mol. The number of fused-ring (bicyclic) bond motifs is 1. The summed E-state index contributed by atoms with van der Waals surface area (Å²) in [6, 6.07) is 14.1. The third-order valence-electron chi connectivity index (χ3n) is 5.13. The summed E-state index contributed by atoms with van der Waals surface area (Å²) >= 11 is 5.89. The maximum absolute atomic E-state index is 14.6. The Bertz CT molecular complexity index is 1440. The van der Waals surface area contributed by atoms with Crippen molar-refractivity contribution in [3.05, 3.63) is 98.9 Å². The van der Waals surface area contributed by atoms with Crippen molar-refractivity contribution < 1.29 is 19.0 Å². The van der Waals surface area contributed by atoms with E-state index in [0.29, 0.717) is 32.9 Å². The number of halogens is 2. The number of nitrogens with one attached hydrogen (secondary N) is 1. The van der Waals surface area contributed by atoms with Crippen molar-refractivity contribution in [2.24, 2.45) is 0 Å². The largest absolute Gasteiger partial charge is 0.459 e. The van der Waals surface area contributed by atoms with Gasteiger partial charge >= 0.3 is 0 Å². The molecule has 8 heteroatoms. The van der Waals surface area contributed by atoms with E-state index in [1.165, 1.54) is 12.1 Å². The molecule has 0 fully saturated rings. The predicted octanol–water partition coefficient (Wildman–Crippen LogP) is 3.49. The number of aliphatic hydroxyl groups is 2. The number of rotatable bonds is 6. The van der Waals surface area contributed by atoms with Crippen molar-refractivity contribution in [2.45, 2.75) is 12.6 Å². The van der Waals surface area contributed by atoms with Crippen molar-refractivity contribution >= 4 is 22.6 Å². The van der Waals surface area contributed by atoms with E-state index in [4.69, 9.17) is 26.2 Å². The van der Waals surface area contributed by atoms with Gasteiger partial charge in [0, 0.05) is 28.4 Å². The lowest BCUT2D eigenvalue weighted by atomic mass is 10.1. The first kappa shape index (κ1) is 23.6. The summed E-state index contributed by atoms with van der Waals surface area (Å²) in [7, 11) is 0. The maximum Gasteiger partial charge on any atom is 0.193 e. The molecule has 3 N–H and O–H groups in total. The molecule has 0 amide bonds. The number of benzene rings is 2. The zero-order valence-electron chi connectivity index (χ0n) is 17.9. The first-order valence-corrected chi connectivity index (χ1v) is 10.8. The summed E-state index contributed by atoms with van der Waals surface area (Å²) in [5.74, 6) is 5.37. The fourth-order valence-electron chi connectivity index (χ4n) is 3.26. The third kappa shape index (κ3) is 5.50. The van der Waals surface area contributed by atoms with Crippen LogP contribution >= 0.6 is 11.6 Å². The van der Waals surface area contributed by atoms with E-state index in [1.54, 1.807) is 48.7 Å². The van der Waals surface area contributed by atoms with E-state index in [-0.39, 0.29) is 30.9 Å². The standard InChI is InChI=1S/C26H20ClFN2O4/c27-19-5-3-17(4-6-19)18-10-23(28)24(30-12-18)7-1-16-2-8-26-22(9-16)25(33)11-21(34-26)13-29-20(14-31)15-32/h2-6,8-12,20,29,31-32H,13-15H2. The van der Waals surface area contributed by atoms with Gasteiger partial charge in [-0.15, -0.1) is 0 Å². The molecule has 172 valence electrons. The molecule has 2 aromatic carbocycles. The van der Waals surface area contributed by atoms with Crippen LogP contribution in [0.25, 0.3) is 22.1 Å². The molecule has 0 aliphatic heterocycles. The van der Waals surface area contributed by atoms with E-state index < -0.39 is 11.9 Å². The second-order valence-electron chi connectivity index (χ2n) is 7.54. The van der Waals surface area contributed by atoms with Crippen molar-refractivity contribution in [2.75, 3.05) is 13.2 Å². The van der Waals surface area contributed by atoms with Gasteiger partial charge in [-0.1, -0.05) is 29.7 Å². The fraction of sp³-hybridized carbons (Fsp3) is 0.154. The van der Waals surface area contributed by atoms with Gasteiger partial charge < -0.3 is 19.9 Å². The highest BCUT2D eigenvalue weighted by Gasteiger charge is 2.09. The molecule has 6 nitrogen and oxygen atoms in total. The van der Waals surface area contributed by atoms with Gasteiger partial charge in [-0.2, -0.15) is 0 Å². The van der Waals surface area contributed by atoms with Gasteiger partial charge in [0.2, 0.25) is 0 Å². The predicted molar refractivity (Wildman–Crippen MR) is 128 cm³/mol. The molecule has 0 aliphatic rings. The number of aromatic nitrogens is 1. The van der Waals surface area contributed by atoms with Crippen LogP contribution in [0.2, 0.25) is 5.02 Å². The first-order chi connectivity index (χ1) is 16.5. The molecule has 0 aliphatic carbocycles. The monoisotopic (exact) mass is 478 g/mol. The number of hydrogen-bond acceptors (Lipinski definition) is 6. The van der Waals surface area contributed by atoms with E-state index >= 15 is 0 Å². The van der Waals surface area contributed by atoms with Crippen LogP contribution in [0.15, 0.2) is 70.0 Å². The first-order valence-electron chi connectivity index (χ1n) is 10.4. The van der Waals surface area contributed by atoms with Crippen LogP contribution in [0.3, 0.4) is 0 Å².